The van der Waals surface area contributed by atoms with Gasteiger partial charge in [0.1, 0.15) is 17.0 Å². The molecular weight excluding hydrogens is 446 g/mol. The Labute approximate surface area is 198 Å². The van der Waals surface area contributed by atoms with Crippen molar-refractivity contribution in [2.24, 2.45) is 0 Å². The van der Waals surface area contributed by atoms with Crippen LogP contribution in [0.2, 0.25) is 0 Å². The van der Waals surface area contributed by atoms with Crippen LogP contribution < -0.4 is 20.1 Å². The van der Waals surface area contributed by atoms with Crippen molar-refractivity contribution in [3.8, 4) is 22.9 Å². The first-order valence-electron chi connectivity index (χ1n) is 10.4. The second kappa shape index (κ2) is 9.08. The number of carbonyl (C=O) groups is 1. The van der Waals surface area contributed by atoms with Gasteiger partial charge in [-0.15, -0.1) is 0 Å². The van der Waals surface area contributed by atoms with E-state index in [1.165, 1.54) is 14.2 Å². The number of alkyl halides is 2. The van der Waals surface area contributed by atoms with Crippen LogP contribution in [-0.2, 0) is 4.79 Å². The summed E-state index contributed by atoms with van der Waals surface area (Å²) >= 11 is 0. The Kier molecular flexibility index (Phi) is 6.18. The van der Waals surface area contributed by atoms with Gasteiger partial charge in [-0.25, -0.2) is 23.7 Å². The summed E-state index contributed by atoms with van der Waals surface area (Å²) in [4.78, 5) is 29.4. The van der Waals surface area contributed by atoms with E-state index in [1.807, 2.05) is 12.1 Å². The molecule has 0 aliphatic carbocycles. The second-order valence-corrected chi connectivity index (χ2v) is 8.07. The predicted molar refractivity (Wildman–Crippen MR) is 131 cm³/mol. The molecule has 1 amide bonds. The molecule has 11 heteroatoms. The lowest BCUT2D eigenvalue weighted by molar-refractivity contribution is -0.125. The zero-order valence-electron chi connectivity index (χ0n) is 19.1. The Morgan fingerprint density at radius 2 is 1.91 bits per heavy atom. The molecule has 0 spiro atoms. The lowest BCUT2D eigenvalue weighted by atomic mass is 10.0. The van der Waals surface area contributed by atoms with E-state index in [4.69, 9.17) is 19.4 Å². The number of aromatic nitrogens is 4. The van der Waals surface area contributed by atoms with E-state index in [0.717, 1.165) is 5.39 Å². The Hall–Kier alpha value is -4.02. The number of rotatable bonds is 8. The highest BCUT2D eigenvalue weighted by Crippen LogP contribution is 2.37. The monoisotopic (exact) mass is 476 g/mol. The standard InChI is InChI=1S/C23H24F2N6O3.3H2/c1-23(2,22(32)28-11-18(24)25)31-21-13-8-16(33-3)17(34-4)9-15(13)29-20(30-21)14-10-27-19-12(14)6-5-7-26-19;;;/h5-10,18H,11H2,1-4H3,(H,26,27)(H,28,32)(H,29,30,31);3*1H. The van der Waals surface area contributed by atoms with E-state index < -0.39 is 24.4 Å². The molecule has 9 nitrogen and oxygen atoms in total. The van der Waals surface area contributed by atoms with Gasteiger partial charge in [-0.3, -0.25) is 4.79 Å². The first-order valence-corrected chi connectivity index (χ1v) is 10.4. The van der Waals surface area contributed by atoms with Crippen LogP contribution in [0.1, 0.15) is 18.1 Å². The van der Waals surface area contributed by atoms with Crippen molar-refractivity contribution < 1.29 is 27.3 Å². The molecule has 0 saturated heterocycles. The summed E-state index contributed by atoms with van der Waals surface area (Å²) in [6, 6.07) is 7.11. The summed E-state index contributed by atoms with van der Waals surface area (Å²) in [5.74, 6) is 1.03. The molecule has 0 aliphatic heterocycles. The molecule has 0 aliphatic rings. The average molecular weight is 477 g/mol. The maximum atomic E-state index is 12.6. The number of pyridine rings is 1. The number of halogens is 2. The molecule has 0 fully saturated rings. The van der Waals surface area contributed by atoms with Gasteiger partial charge in [-0.2, -0.15) is 0 Å². The van der Waals surface area contributed by atoms with E-state index in [0.29, 0.717) is 45.3 Å². The summed E-state index contributed by atoms with van der Waals surface area (Å²) in [6.45, 7) is 2.42. The largest absolute Gasteiger partial charge is 0.493 e. The third kappa shape index (κ3) is 4.41. The fraction of sp³-hybridized carbons (Fsp3) is 0.304. The molecule has 0 saturated carbocycles. The van der Waals surface area contributed by atoms with E-state index in [2.05, 4.69) is 20.6 Å². The molecule has 34 heavy (non-hydrogen) atoms. The Morgan fingerprint density at radius 1 is 1.18 bits per heavy atom. The lowest BCUT2D eigenvalue weighted by Gasteiger charge is -2.26. The molecule has 0 radical (unpaired) electrons. The number of carbonyl (C=O) groups excluding carboxylic acids is 1. The number of nitrogens with zero attached hydrogens (tertiary/aromatic N) is 3. The molecule has 3 aromatic heterocycles. The van der Waals surface area contributed by atoms with Gasteiger partial charge in [0.05, 0.1) is 26.3 Å². The second-order valence-electron chi connectivity index (χ2n) is 8.07. The van der Waals surface area contributed by atoms with Crippen LogP contribution in [0.5, 0.6) is 11.5 Å². The fourth-order valence-electron chi connectivity index (χ4n) is 3.56. The third-order valence-corrected chi connectivity index (χ3v) is 5.31. The number of anilines is 1. The number of ether oxygens (including phenoxy) is 2. The minimum atomic E-state index is -2.65. The summed E-state index contributed by atoms with van der Waals surface area (Å²) in [7, 11) is 3.03. The van der Waals surface area contributed by atoms with Crippen molar-refractivity contribution in [1.29, 1.82) is 0 Å². The minimum absolute atomic E-state index is 0. The van der Waals surface area contributed by atoms with Crippen LogP contribution in [-0.4, -0.2) is 58.6 Å². The SMILES string of the molecule is COc1cc2nc(-c3c[nH]c4ncccc34)nc(NC(C)(C)C(=O)NCC(F)F)c2cc1OC.[HH].[HH].[HH]. The summed E-state index contributed by atoms with van der Waals surface area (Å²) < 4.78 is 36.1. The van der Waals surface area contributed by atoms with Crippen molar-refractivity contribution in [2.75, 3.05) is 26.1 Å². The predicted octanol–water partition coefficient (Wildman–Crippen LogP) is 4.50. The zero-order chi connectivity index (χ0) is 24.5. The maximum Gasteiger partial charge on any atom is 0.255 e. The van der Waals surface area contributed by atoms with Gasteiger partial charge in [-0.1, -0.05) is 0 Å². The fourth-order valence-corrected chi connectivity index (χ4v) is 3.56. The molecule has 4 rings (SSSR count). The topological polar surface area (TPSA) is 114 Å². The van der Waals surface area contributed by atoms with Crippen LogP contribution in [0.3, 0.4) is 0 Å². The Bertz CT molecular complexity index is 1370. The van der Waals surface area contributed by atoms with Crippen molar-refractivity contribution in [1.82, 2.24) is 25.3 Å². The molecule has 0 atom stereocenters. The van der Waals surface area contributed by atoms with Crippen molar-refractivity contribution in [3.63, 3.8) is 0 Å². The van der Waals surface area contributed by atoms with E-state index >= 15 is 0 Å². The van der Waals surface area contributed by atoms with Crippen LogP contribution in [0, 0.1) is 0 Å². The molecule has 184 valence electrons. The van der Waals surface area contributed by atoms with Gasteiger partial charge < -0.3 is 25.1 Å². The van der Waals surface area contributed by atoms with E-state index in [-0.39, 0.29) is 4.28 Å². The number of nitrogens with one attached hydrogen (secondary N) is 3. The normalized spacial score (nSPS) is 11.7. The summed E-state index contributed by atoms with van der Waals surface area (Å²) in [5, 5.41) is 6.72. The highest BCUT2D eigenvalue weighted by atomic mass is 19.3. The number of hydrogen-bond acceptors (Lipinski definition) is 7. The molecule has 0 bridgehead atoms. The number of fused-ring (bicyclic) bond motifs is 2. The van der Waals surface area contributed by atoms with Crippen molar-refractivity contribution in [3.05, 3.63) is 36.7 Å². The lowest BCUT2D eigenvalue weighted by Crippen LogP contribution is -2.49. The highest BCUT2D eigenvalue weighted by Gasteiger charge is 2.30. The zero-order valence-corrected chi connectivity index (χ0v) is 19.1. The van der Waals surface area contributed by atoms with Crippen LogP contribution in [0.25, 0.3) is 33.3 Å². The van der Waals surface area contributed by atoms with Crippen LogP contribution in [0.4, 0.5) is 14.6 Å². The minimum Gasteiger partial charge on any atom is -0.493 e. The van der Waals surface area contributed by atoms with Gasteiger partial charge in [-0.05, 0) is 32.0 Å². The molecule has 1 aromatic carbocycles. The Balaban J connectivity index is 0.00000228. The number of methoxy groups -OCH3 is 2. The number of amides is 1. The van der Waals surface area contributed by atoms with Gasteiger partial charge in [0.2, 0.25) is 5.91 Å². The molecule has 3 N–H and O–H groups in total. The summed E-state index contributed by atoms with van der Waals surface area (Å²) in [6.07, 6.45) is 0.775. The number of hydrogen-bond donors (Lipinski definition) is 3. The smallest absolute Gasteiger partial charge is 0.255 e. The quantitative estimate of drug-likeness (QED) is 0.343. The van der Waals surface area contributed by atoms with Gasteiger partial charge in [0, 0.05) is 39.1 Å². The number of benzene rings is 1. The molecule has 3 heterocycles. The number of aromatic amines is 1. The van der Waals surface area contributed by atoms with Crippen LogP contribution in [0.15, 0.2) is 36.7 Å². The van der Waals surface area contributed by atoms with Crippen LogP contribution >= 0.6 is 0 Å². The molecule has 4 aromatic rings. The van der Waals surface area contributed by atoms with Gasteiger partial charge in [0.25, 0.3) is 6.43 Å². The first kappa shape index (κ1) is 23.1. The third-order valence-electron chi connectivity index (χ3n) is 5.31. The molecule has 0 unspecified atom stereocenters. The van der Waals surface area contributed by atoms with Gasteiger partial charge in [0.15, 0.2) is 17.3 Å². The van der Waals surface area contributed by atoms with E-state index in [9.17, 15) is 13.6 Å². The number of H-pyrrole nitrogens is 1. The average Bonchev–Trinajstić information content (AvgIpc) is 3.25. The maximum absolute atomic E-state index is 12.6. The summed E-state index contributed by atoms with van der Waals surface area (Å²) in [5.41, 5.74) is 0.659. The highest BCUT2D eigenvalue weighted by molar-refractivity contribution is 5.98. The van der Waals surface area contributed by atoms with E-state index in [1.54, 1.807) is 38.4 Å². The van der Waals surface area contributed by atoms with Crippen molar-refractivity contribution in [2.45, 2.75) is 25.8 Å². The first-order chi connectivity index (χ1) is 16.2. The van der Waals surface area contributed by atoms with Crippen molar-refractivity contribution >= 4 is 33.7 Å². The Morgan fingerprint density at radius 3 is 2.62 bits per heavy atom. The van der Waals surface area contributed by atoms with Gasteiger partial charge >= 0.3 is 0 Å². The molecular formula is C23H30F2N6O3.